The van der Waals surface area contributed by atoms with E-state index in [0.717, 1.165) is 25.3 Å². The fraction of sp³-hybridized carbons (Fsp3) is 0.500. The predicted molar refractivity (Wildman–Crippen MR) is 99.4 cm³/mol. The molecule has 1 aromatic heterocycles. The quantitative estimate of drug-likeness (QED) is 0.809. The number of nitrogens with zero attached hydrogens (tertiary/aromatic N) is 4. The molecular weight excluding hydrogens is 312 g/mol. The largest absolute Gasteiger partial charge is 0.480 e. The Hall–Kier alpha value is -1.98. The zero-order valence-corrected chi connectivity index (χ0v) is 15.4. The first-order chi connectivity index (χ1) is 12.2. The van der Waals surface area contributed by atoms with Crippen LogP contribution in [-0.2, 0) is 13.1 Å². The fourth-order valence-corrected chi connectivity index (χ4v) is 3.57. The number of piperidine rings is 1. The van der Waals surface area contributed by atoms with Gasteiger partial charge in [0.05, 0.1) is 12.8 Å². The maximum atomic E-state index is 5.07. The summed E-state index contributed by atoms with van der Waals surface area (Å²) in [5.74, 6) is 0.564. The van der Waals surface area contributed by atoms with Crippen LogP contribution in [0.3, 0.4) is 0 Å². The Morgan fingerprint density at radius 3 is 2.60 bits per heavy atom. The molecule has 2 heterocycles. The van der Waals surface area contributed by atoms with Gasteiger partial charge in [-0.05, 0) is 38.4 Å². The minimum atomic E-state index is 0.564. The van der Waals surface area contributed by atoms with Crippen molar-refractivity contribution in [3.8, 4) is 5.88 Å². The standard InChI is InChI=1S/C20H28N4O/c1-16-13-19(11-12-24(16)14-17-7-5-4-6-8-17)23(2)15-18-9-10-20(25-3)22-21-18/h4-10,16,19H,11-15H2,1-3H3/t16-,19-/m0/s1. The Kier molecular flexibility index (Phi) is 6.00. The Morgan fingerprint density at radius 1 is 1.16 bits per heavy atom. The van der Waals surface area contributed by atoms with Crippen LogP contribution < -0.4 is 4.74 Å². The van der Waals surface area contributed by atoms with E-state index in [4.69, 9.17) is 4.74 Å². The summed E-state index contributed by atoms with van der Waals surface area (Å²) in [4.78, 5) is 5.00. The van der Waals surface area contributed by atoms with Gasteiger partial charge in [0.15, 0.2) is 0 Å². The lowest BCUT2D eigenvalue weighted by molar-refractivity contribution is 0.0765. The molecule has 0 radical (unpaired) electrons. The number of rotatable bonds is 6. The fourth-order valence-electron chi connectivity index (χ4n) is 3.57. The molecule has 3 rings (SSSR count). The van der Waals surface area contributed by atoms with E-state index in [1.807, 2.05) is 12.1 Å². The van der Waals surface area contributed by atoms with Crippen LogP contribution in [0.1, 0.15) is 31.0 Å². The highest BCUT2D eigenvalue weighted by Crippen LogP contribution is 2.23. The lowest BCUT2D eigenvalue weighted by atomic mass is 9.96. The van der Waals surface area contributed by atoms with Gasteiger partial charge in [-0.3, -0.25) is 9.80 Å². The monoisotopic (exact) mass is 340 g/mol. The third-order valence-electron chi connectivity index (χ3n) is 5.15. The first-order valence-electron chi connectivity index (χ1n) is 9.00. The van der Waals surface area contributed by atoms with Crippen molar-refractivity contribution in [3.63, 3.8) is 0 Å². The molecule has 0 N–H and O–H groups in total. The number of methoxy groups -OCH3 is 1. The molecule has 0 spiro atoms. The van der Waals surface area contributed by atoms with Crippen molar-refractivity contribution in [2.24, 2.45) is 0 Å². The Bertz CT molecular complexity index is 647. The summed E-state index contributed by atoms with van der Waals surface area (Å²) in [6.07, 6.45) is 2.38. The molecular formula is C20H28N4O. The average molecular weight is 340 g/mol. The number of ether oxygens (including phenoxy) is 1. The summed E-state index contributed by atoms with van der Waals surface area (Å²) >= 11 is 0. The second kappa shape index (κ2) is 8.41. The van der Waals surface area contributed by atoms with Gasteiger partial charge in [0.25, 0.3) is 0 Å². The molecule has 1 aromatic carbocycles. The second-order valence-corrected chi connectivity index (χ2v) is 6.97. The molecule has 0 bridgehead atoms. The minimum Gasteiger partial charge on any atom is -0.480 e. The molecule has 5 nitrogen and oxygen atoms in total. The van der Waals surface area contributed by atoms with Gasteiger partial charge in [-0.2, -0.15) is 5.10 Å². The van der Waals surface area contributed by atoms with Crippen LogP contribution in [0.4, 0.5) is 0 Å². The van der Waals surface area contributed by atoms with Crippen molar-refractivity contribution in [3.05, 3.63) is 53.7 Å². The Labute approximate surface area is 150 Å². The molecule has 0 amide bonds. The maximum absolute atomic E-state index is 5.07. The molecule has 2 aromatic rings. The van der Waals surface area contributed by atoms with Crippen molar-refractivity contribution in [2.75, 3.05) is 20.7 Å². The van der Waals surface area contributed by atoms with Crippen LogP contribution in [0, 0.1) is 0 Å². The third-order valence-corrected chi connectivity index (χ3v) is 5.15. The zero-order valence-electron chi connectivity index (χ0n) is 15.4. The van der Waals surface area contributed by atoms with E-state index < -0.39 is 0 Å². The topological polar surface area (TPSA) is 41.5 Å². The number of hydrogen-bond donors (Lipinski definition) is 0. The molecule has 0 aliphatic carbocycles. The van der Waals surface area contributed by atoms with Crippen LogP contribution >= 0.6 is 0 Å². The molecule has 0 saturated carbocycles. The van der Waals surface area contributed by atoms with Crippen LogP contribution in [-0.4, -0.2) is 52.8 Å². The number of benzene rings is 1. The molecule has 25 heavy (non-hydrogen) atoms. The van der Waals surface area contributed by atoms with Crippen molar-refractivity contribution in [2.45, 2.75) is 44.9 Å². The summed E-state index contributed by atoms with van der Waals surface area (Å²) in [6.45, 7) is 5.35. The minimum absolute atomic E-state index is 0.564. The lowest BCUT2D eigenvalue weighted by Gasteiger charge is -2.41. The maximum Gasteiger partial charge on any atom is 0.233 e. The first kappa shape index (κ1) is 17.8. The van der Waals surface area contributed by atoms with Crippen LogP contribution in [0.15, 0.2) is 42.5 Å². The zero-order chi connectivity index (χ0) is 17.6. The van der Waals surface area contributed by atoms with E-state index in [-0.39, 0.29) is 0 Å². The van der Waals surface area contributed by atoms with Crippen LogP contribution in [0.2, 0.25) is 0 Å². The smallest absolute Gasteiger partial charge is 0.233 e. The molecule has 0 unspecified atom stereocenters. The summed E-state index contributed by atoms with van der Waals surface area (Å²) in [6, 6.07) is 15.8. The molecule has 5 heteroatoms. The molecule has 1 saturated heterocycles. The summed E-state index contributed by atoms with van der Waals surface area (Å²) in [5.41, 5.74) is 2.39. The third kappa shape index (κ3) is 4.77. The van der Waals surface area contributed by atoms with Gasteiger partial charge < -0.3 is 4.74 Å². The van der Waals surface area contributed by atoms with E-state index in [2.05, 4.69) is 64.3 Å². The molecule has 2 atom stereocenters. The molecule has 1 aliphatic heterocycles. The number of aromatic nitrogens is 2. The van der Waals surface area contributed by atoms with Crippen molar-refractivity contribution >= 4 is 0 Å². The van der Waals surface area contributed by atoms with Gasteiger partial charge in [0.2, 0.25) is 5.88 Å². The summed E-state index contributed by atoms with van der Waals surface area (Å²) < 4.78 is 5.07. The molecule has 1 aliphatic rings. The van der Waals surface area contributed by atoms with Gasteiger partial charge >= 0.3 is 0 Å². The second-order valence-electron chi connectivity index (χ2n) is 6.97. The van der Waals surface area contributed by atoms with Crippen LogP contribution in [0.25, 0.3) is 0 Å². The lowest BCUT2D eigenvalue weighted by Crippen LogP contribution is -2.47. The van der Waals surface area contributed by atoms with Gasteiger partial charge in [-0.25, -0.2) is 0 Å². The van der Waals surface area contributed by atoms with Gasteiger partial charge in [-0.15, -0.1) is 5.10 Å². The van der Waals surface area contributed by atoms with Crippen molar-refractivity contribution in [1.82, 2.24) is 20.0 Å². The number of hydrogen-bond acceptors (Lipinski definition) is 5. The van der Waals surface area contributed by atoms with E-state index >= 15 is 0 Å². The normalized spacial score (nSPS) is 21.4. The highest BCUT2D eigenvalue weighted by atomic mass is 16.5. The number of likely N-dealkylation sites (tertiary alicyclic amines) is 1. The van der Waals surface area contributed by atoms with E-state index in [0.29, 0.717) is 18.0 Å². The first-order valence-corrected chi connectivity index (χ1v) is 9.00. The highest BCUT2D eigenvalue weighted by molar-refractivity contribution is 5.15. The van der Waals surface area contributed by atoms with Crippen molar-refractivity contribution in [1.29, 1.82) is 0 Å². The summed E-state index contributed by atoms with van der Waals surface area (Å²) in [5, 5.41) is 8.31. The highest BCUT2D eigenvalue weighted by Gasteiger charge is 2.27. The SMILES string of the molecule is COc1ccc(CN(C)[C@H]2CCN(Cc3ccccc3)[C@@H](C)C2)nn1. The van der Waals surface area contributed by atoms with Crippen LogP contribution in [0.5, 0.6) is 5.88 Å². The van der Waals surface area contributed by atoms with Gasteiger partial charge in [-0.1, -0.05) is 30.3 Å². The van der Waals surface area contributed by atoms with Crippen molar-refractivity contribution < 1.29 is 4.74 Å². The van der Waals surface area contributed by atoms with E-state index in [9.17, 15) is 0 Å². The predicted octanol–water partition coefficient (Wildman–Crippen LogP) is 2.97. The summed E-state index contributed by atoms with van der Waals surface area (Å²) in [7, 11) is 3.80. The Balaban J connectivity index is 1.52. The Morgan fingerprint density at radius 2 is 1.96 bits per heavy atom. The average Bonchev–Trinajstić information content (AvgIpc) is 2.65. The molecule has 1 fully saturated rings. The van der Waals surface area contributed by atoms with E-state index in [1.54, 1.807) is 7.11 Å². The van der Waals surface area contributed by atoms with E-state index in [1.165, 1.54) is 18.4 Å². The van der Waals surface area contributed by atoms with Gasteiger partial charge in [0.1, 0.15) is 0 Å². The molecule has 134 valence electrons. The van der Waals surface area contributed by atoms with Gasteiger partial charge in [0, 0.05) is 37.8 Å².